The summed E-state index contributed by atoms with van der Waals surface area (Å²) in [6.07, 6.45) is 4.09. The zero-order valence-electron chi connectivity index (χ0n) is 9.74. The van der Waals surface area contributed by atoms with Crippen LogP contribution in [-0.2, 0) is 0 Å². The molecule has 0 aliphatic heterocycles. The Morgan fingerprint density at radius 2 is 2.07 bits per heavy atom. The largest absolute Gasteiger partial charge is 0.317 e. The van der Waals surface area contributed by atoms with Gasteiger partial charge in [-0.2, -0.15) is 0 Å². The SMILES string of the molecule is CNC(C)CCC1CC1c1ccccc1. The van der Waals surface area contributed by atoms with Crippen molar-refractivity contribution in [3.8, 4) is 0 Å². The summed E-state index contributed by atoms with van der Waals surface area (Å²) in [4.78, 5) is 0. The first kappa shape index (κ1) is 10.7. The monoisotopic (exact) mass is 203 g/mol. The second-order valence-electron chi connectivity index (χ2n) is 4.78. The minimum absolute atomic E-state index is 0.669. The lowest BCUT2D eigenvalue weighted by Gasteiger charge is -2.08. The van der Waals surface area contributed by atoms with Crippen LogP contribution in [0.1, 0.15) is 37.7 Å². The van der Waals surface area contributed by atoms with Crippen LogP contribution in [0.3, 0.4) is 0 Å². The molecule has 1 nitrogen and oxygen atoms in total. The predicted octanol–water partition coefficient (Wildman–Crippen LogP) is 3.18. The molecule has 0 spiro atoms. The topological polar surface area (TPSA) is 12.0 Å². The molecule has 0 amide bonds. The van der Waals surface area contributed by atoms with Gasteiger partial charge in [-0.15, -0.1) is 0 Å². The van der Waals surface area contributed by atoms with Crippen LogP contribution >= 0.6 is 0 Å². The van der Waals surface area contributed by atoms with Gasteiger partial charge in [0.15, 0.2) is 0 Å². The molecule has 1 heteroatoms. The van der Waals surface area contributed by atoms with Crippen molar-refractivity contribution in [1.29, 1.82) is 0 Å². The number of rotatable bonds is 5. The molecule has 0 saturated heterocycles. The molecule has 0 heterocycles. The van der Waals surface area contributed by atoms with Crippen molar-refractivity contribution in [3.05, 3.63) is 35.9 Å². The molecule has 3 atom stereocenters. The van der Waals surface area contributed by atoms with Crippen LogP contribution in [0.5, 0.6) is 0 Å². The quantitative estimate of drug-likeness (QED) is 0.775. The van der Waals surface area contributed by atoms with E-state index in [1.807, 2.05) is 7.05 Å². The lowest BCUT2D eigenvalue weighted by Crippen LogP contribution is -2.20. The molecule has 1 fully saturated rings. The van der Waals surface area contributed by atoms with Crippen molar-refractivity contribution in [2.45, 2.75) is 38.1 Å². The normalized spacial score (nSPS) is 26.3. The Hall–Kier alpha value is -0.820. The van der Waals surface area contributed by atoms with Crippen molar-refractivity contribution in [3.63, 3.8) is 0 Å². The first-order chi connectivity index (χ1) is 7.31. The Labute approximate surface area is 92.9 Å². The van der Waals surface area contributed by atoms with Gasteiger partial charge in [-0.1, -0.05) is 30.3 Å². The number of benzene rings is 1. The van der Waals surface area contributed by atoms with Crippen LogP contribution in [0.4, 0.5) is 0 Å². The van der Waals surface area contributed by atoms with Gasteiger partial charge in [0.05, 0.1) is 0 Å². The molecule has 15 heavy (non-hydrogen) atoms. The summed E-state index contributed by atoms with van der Waals surface area (Å²) in [6.45, 7) is 2.26. The second-order valence-corrected chi connectivity index (χ2v) is 4.78. The summed E-state index contributed by atoms with van der Waals surface area (Å²) in [6, 6.07) is 11.6. The van der Waals surface area contributed by atoms with E-state index in [0.717, 1.165) is 11.8 Å². The van der Waals surface area contributed by atoms with Gasteiger partial charge >= 0.3 is 0 Å². The molecule has 1 aliphatic carbocycles. The van der Waals surface area contributed by atoms with E-state index in [1.165, 1.54) is 19.3 Å². The molecule has 1 aliphatic rings. The number of nitrogens with one attached hydrogen (secondary N) is 1. The van der Waals surface area contributed by atoms with Crippen molar-refractivity contribution in [2.24, 2.45) is 5.92 Å². The number of hydrogen-bond acceptors (Lipinski definition) is 1. The van der Waals surface area contributed by atoms with E-state index in [2.05, 4.69) is 42.6 Å². The van der Waals surface area contributed by atoms with Crippen LogP contribution in [0.25, 0.3) is 0 Å². The third kappa shape index (κ3) is 2.82. The van der Waals surface area contributed by atoms with Gasteiger partial charge in [0, 0.05) is 6.04 Å². The van der Waals surface area contributed by atoms with Gasteiger partial charge in [-0.25, -0.2) is 0 Å². The summed E-state index contributed by atoms with van der Waals surface area (Å²) < 4.78 is 0. The van der Waals surface area contributed by atoms with Crippen molar-refractivity contribution in [2.75, 3.05) is 7.05 Å². The fourth-order valence-electron chi connectivity index (χ4n) is 2.28. The Kier molecular flexibility index (Phi) is 3.42. The molecule has 3 unspecified atom stereocenters. The maximum Gasteiger partial charge on any atom is 0.00358 e. The zero-order valence-corrected chi connectivity index (χ0v) is 9.74. The summed E-state index contributed by atoms with van der Waals surface area (Å²) in [5.74, 6) is 1.80. The third-order valence-corrected chi connectivity index (χ3v) is 3.61. The molecular weight excluding hydrogens is 182 g/mol. The molecule has 0 radical (unpaired) electrons. The lowest BCUT2D eigenvalue weighted by molar-refractivity contribution is 0.515. The molecule has 1 aromatic carbocycles. The fourth-order valence-corrected chi connectivity index (χ4v) is 2.28. The second kappa shape index (κ2) is 4.80. The highest BCUT2D eigenvalue weighted by Gasteiger charge is 2.37. The van der Waals surface area contributed by atoms with Gasteiger partial charge in [0.25, 0.3) is 0 Å². The van der Waals surface area contributed by atoms with Crippen molar-refractivity contribution >= 4 is 0 Å². The molecule has 1 aromatic rings. The first-order valence-electron chi connectivity index (χ1n) is 6.03. The van der Waals surface area contributed by atoms with E-state index in [-0.39, 0.29) is 0 Å². The standard InChI is InChI=1S/C14H21N/c1-11(15-2)8-9-13-10-14(13)12-6-4-3-5-7-12/h3-7,11,13-15H,8-10H2,1-2H3. The summed E-state index contributed by atoms with van der Waals surface area (Å²) in [7, 11) is 2.05. The Morgan fingerprint density at radius 3 is 2.73 bits per heavy atom. The average Bonchev–Trinajstić information content (AvgIpc) is 3.06. The molecule has 0 aromatic heterocycles. The van der Waals surface area contributed by atoms with Crippen LogP contribution in [0.2, 0.25) is 0 Å². The highest BCUT2D eigenvalue weighted by molar-refractivity contribution is 5.25. The van der Waals surface area contributed by atoms with E-state index in [0.29, 0.717) is 6.04 Å². The first-order valence-corrected chi connectivity index (χ1v) is 6.03. The maximum atomic E-state index is 3.30. The summed E-state index contributed by atoms with van der Waals surface area (Å²) in [5.41, 5.74) is 1.54. The van der Waals surface area contributed by atoms with Crippen molar-refractivity contribution < 1.29 is 0 Å². The fraction of sp³-hybridized carbons (Fsp3) is 0.571. The van der Waals surface area contributed by atoms with Crippen molar-refractivity contribution in [1.82, 2.24) is 5.32 Å². The van der Waals surface area contributed by atoms with E-state index >= 15 is 0 Å². The van der Waals surface area contributed by atoms with Gasteiger partial charge in [-0.05, 0) is 50.6 Å². The molecule has 0 bridgehead atoms. The third-order valence-electron chi connectivity index (χ3n) is 3.61. The lowest BCUT2D eigenvalue weighted by atomic mass is 10.1. The predicted molar refractivity (Wildman–Crippen MR) is 65.0 cm³/mol. The van der Waals surface area contributed by atoms with E-state index in [9.17, 15) is 0 Å². The van der Waals surface area contributed by atoms with E-state index in [1.54, 1.807) is 5.56 Å². The average molecular weight is 203 g/mol. The maximum absolute atomic E-state index is 3.30. The Balaban J connectivity index is 1.77. The molecule has 2 rings (SSSR count). The van der Waals surface area contributed by atoms with Crippen LogP contribution in [0.15, 0.2) is 30.3 Å². The van der Waals surface area contributed by atoms with E-state index < -0.39 is 0 Å². The van der Waals surface area contributed by atoms with Crippen LogP contribution < -0.4 is 5.32 Å². The molecule has 1 N–H and O–H groups in total. The molecule has 1 saturated carbocycles. The van der Waals surface area contributed by atoms with Gasteiger partial charge in [0.1, 0.15) is 0 Å². The smallest absolute Gasteiger partial charge is 0.00358 e. The highest BCUT2D eigenvalue weighted by Crippen LogP contribution is 2.50. The summed E-state index contributed by atoms with van der Waals surface area (Å²) in [5, 5.41) is 3.30. The minimum Gasteiger partial charge on any atom is -0.317 e. The van der Waals surface area contributed by atoms with Gasteiger partial charge < -0.3 is 5.32 Å². The van der Waals surface area contributed by atoms with E-state index in [4.69, 9.17) is 0 Å². The molecule has 82 valence electrons. The van der Waals surface area contributed by atoms with Gasteiger partial charge in [0.2, 0.25) is 0 Å². The van der Waals surface area contributed by atoms with Gasteiger partial charge in [-0.3, -0.25) is 0 Å². The number of hydrogen-bond donors (Lipinski definition) is 1. The Morgan fingerprint density at radius 1 is 1.33 bits per heavy atom. The zero-order chi connectivity index (χ0) is 10.7. The minimum atomic E-state index is 0.669. The summed E-state index contributed by atoms with van der Waals surface area (Å²) >= 11 is 0. The van der Waals surface area contributed by atoms with Crippen LogP contribution in [-0.4, -0.2) is 13.1 Å². The molecular formula is C14H21N. The van der Waals surface area contributed by atoms with Crippen LogP contribution in [0, 0.1) is 5.92 Å². The Bertz CT molecular complexity index is 293. The highest BCUT2D eigenvalue weighted by atomic mass is 14.8.